The monoisotopic (exact) mass is 269 g/mol. The first-order valence-electron chi connectivity index (χ1n) is 5.59. The Bertz CT molecular complexity index is 550. The molecule has 2 rings (SSSR count). The van der Waals surface area contributed by atoms with E-state index in [2.05, 4.69) is 0 Å². The van der Waals surface area contributed by atoms with E-state index in [1.165, 1.54) is 12.1 Å². The lowest BCUT2D eigenvalue weighted by atomic mass is 10.3. The van der Waals surface area contributed by atoms with Crippen LogP contribution in [0.1, 0.15) is 6.42 Å². The van der Waals surface area contributed by atoms with Crippen molar-refractivity contribution in [2.45, 2.75) is 17.4 Å². The number of likely N-dealkylation sites (tertiary alicyclic amines) is 1. The molecule has 6 heteroatoms. The standard InChI is InChI=1S/C12H15NO4S/c1-13-8-7-11(12(13)14)17-9-3-5-10(6-4-9)18(2,15)16/h3-6,11H,7-8H2,1-2H3. The molecular formula is C12H15NO4S. The number of ether oxygens (including phenoxy) is 1. The van der Waals surface area contributed by atoms with E-state index in [9.17, 15) is 13.2 Å². The Hall–Kier alpha value is -1.56. The molecule has 0 aromatic heterocycles. The molecule has 0 saturated carbocycles. The van der Waals surface area contributed by atoms with Gasteiger partial charge in [-0.15, -0.1) is 0 Å². The fourth-order valence-corrected chi connectivity index (χ4v) is 2.46. The number of sulfone groups is 1. The largest absolute Gasteiger partial charge is 0.481 e. The molecule has 1 saturated heterocycles. The van der Waals surface area contributed by atoms with Crippen LogP contribution in [0.15, 0.2) is 29.2 Å². The Kier molecular flexibility index (Phi) is 3.30. The highest BCUT2D eigenvalue weighted by Gasteiger charge is 2.30. The van der Waals surface area contributed by atoms with E-state index in [-0.39, 0.29) is 10.8 Å². The van der Waals surface area contributed by atoms with Gasteiger partial charge in [-0.25, -0.2) is 8.42 Å². The van der Waals surface area contributed by atoms with Crippen molar-refractivity contribution in [2.75, 3.05) is 19.8 Å². The van der Waals surface area contributed by atoms with Gasteiger partial charge in [0.2, 0.25) is 0 Å². The van der Waals surface area contributed by atoms with Gasteiger partial charge in [-0.1, -0.05) is 0 Å². The lowest BCUT2D eigenvalue weighted by Crippen LogP contribution is -2.29. The molecule has 0 spiro atoms. The van der Waals surface area contributed by atoms with Gasteiger partial charge in [0.25, 0.3) is 5.91 Å². The second kappa shape index (κ2) is 4.61. The molecule has 1 aliphatic heterocycles. The topological polar surface area (TPSA) is 63.7 Å². The van der Waals surface area contributed by atoms with E-state index < -0.39 is 15.9 Å². The summed E-state index contributed by atoms with van der Waals surface area (Å²) in [5.74, 6) is 0.471. The van der Waals surface area contributed by atoms with Gasteiger partial charge in [-0.3, -0.25) is 4.79 Å². The molecular weight excluding hydrogens is 254 g/mol. The third-order valence-corrected chi connectivity index (χ3v) is 4.04. The lowest BCUT2D eigenvalue weighted by Gasteiger charge is -2.13. The van der Waals surface area contributed by atoms with Crippen molar-refractivity contribution in [2.24, 2.45) is 0 Å². The second-order valence-electron chi connectivity index (χ2n) is 4.40. The molecule has 5 nitrogen and oxygen atoms in total. The molecule has 1 fully saturated rings. The minimum atomic E-state index is -3.20. The highest BCUT2D eigenvalue weighted by Crippen LogP contribution is 2.20. The molecule has 1 aliphatic rings. The van der Waals surface area contributed by atoms with Crippen molar-refractivity contribution in [3.8, 4) is 5.75 Å². The molecule has 0 bridgehead atoms. The number of hydrogen-bond donors (Lipinski definition) is 0. The Morgan fingerprint density at radius 3 is 2.33 bits per heavy atom. The van der Waals surface area contributed by atoms with Gasteiger partial charge in [0.05, 0.1) is 4.90 Å². The van der Waals surface area contributed by atoms with Gasteiger partial charge in [0.1, 0.15) is 5.75 Å². The zero-order chi connectivity index (χ0) is 13.3. The van der Waals surface area contributed by atoms with E-state index >= 15 is 0 Å². The van der Waals surface area contributed by atoms with Crippen molar-refractivity contribution >= 4 is 15.7 Å². The second-order valence-corrected chi connectivity index (χ2v) is 6.41. The fourth-order valence-electron chi connectivity index (χ4n) is 1.83. The van der Waals surface area contributed by atoms with Crippen LogP contribution in [0.2, 0.25) is 0 Å². The fraction of sp³-hybridized carbons (Fsp3) is 0.417. The number of hydrogen-bond acceptors (Lipinski definition) is 4. The van der Waals surface area contributed by atoms with Gasteiger partial charge in [0, 0.05) is 26.3 Å². The van der Waals surface area contributed by atoms with Gasteiger partial charge >= 0.3 is 0 Å². The maximum atomic E-state index is 11.6. The van der Waals surface area contributed by atoms with Crippen molar-refractivity contribution < 1.29 is 17.9 Å². The van der Waals surface area contributed by atoms with Crippen LogP contribution in [0.4, 0.5) is 0 Å². The molecule has 98 valence electrons. The van der Waals surface area contributed by atoms with Crippen molar-refractivity contribution in [3.63, 3.8) is 0 Å². The number of rotatable bonds is 3. The molecule has 1 aromatic carbocycles. The number of amides is 1. The Labute approximate surface area is 106 Å². The van der Waals surface area contributed by atoms with Crippen LogP contribution in [0.25, 0.3) is 0 Å². The minimum Gasteiger partial charge on any atom is -0.481 e. The Morgan fingerprint density at radius 1 is 1.28 bits per heavy atom. The number of carbonyl (C=O) groups excluding carboxylic acids is 1. The Morgan fingerprint density at radius 2 is 1.89 bits per heavy atom. The molecule has 0 radical (unpaired) electrons. The smallest absolute Gasteiger partial charge is 0.263 e. The summed E-state index contributed by atoms with van der Waals surface area (Å²) in [6.07, 6.45) is 1.35. The summed E-state index contributed by atoms with van der Waals surface area (Å²) in [5, 5.41) is 0. The summed E-state index contributed by atoms with van der Waals surface area (Å²) in [6.45, 7) is 0.685. The molecule has 1 atom stereocenters. The SMILES string of the molecule is CN1CCC(Oc2ccc(S(C)(=O)=O)cc2)C1=O. The molecule has 1 aromatic rings. The predicted molar refractivity (Wildman–Crippen MR) is 66.2 cm³/mol. The summed E-state index contributed by atoms with van der Waals surface area (Å²) in [6, 6.07) is 6.10. The lowest BCUT2D eigenvalue weighted by molar-refractivity contribution is -0.132. The first-order valence-corrected chi connectivity index (χ1v) is 7.49. The van der Waals surface area contributed by atoms with Crippen LogP contribution < -0.4 is 4.74 Å². The maximum absolute atomic E-state index is 11.6. The quantitative estimate of drug-likeness (QED) is 0.810. The average Bonchev–Trinajstić information content (AvgIpc) is 2.61. The maximum Gasteiger partial charge on any atom is 0.263 e. The normalized spacial score (nSPS) is 20.2. The van der Waals surface area contributed by atoms with Crippen LogP contribution in [0.3, 0.4) is 0 Å². The summed E-state index contributed by atoms with van der Waals surface area (Å²) in [4.78, 5) is 13.5. The van der Waals surface area contributed by atoms with E-state index in [0.717, 1.165) is 6.26 Å². The molecule has 0 N–H and O–H groups in total. The molecule has 1 heterocycles. The van der Waals surface area contributed by atoms with E-state index in [1.807, 2.05) is 0 Å². The highest BCUT2D eigenvalue weighted by atomic mass is 32.2. The van der Waals surface area contributed by atoms with Gasteiger partial charge in [0.15, 0.2) is 15.9 Å². The number of likely N-dealkylation sites (N-methyl/N-ethyl adjacent to an activating group) is 1. The first-order chi connectivity index (χ1) is 8.38. The Balaban J connectivity index is 2.10. The number of benzene rings is 1. The third-order valence-electron chi connectivity index (χ3n) is 2.91. The van der Waals surface area contributed by atoms with E-state index in [0.29, 0.717) is 18.7 Å². The van der Waals surface area contributed by atoms with Crippen molar-refractivity contribution in [3.05, 3.63) is 24.3 Å². The average molecular weight is 269 g/mol. The molecule has 18 heavy (non-hydrogen) atoms. The third kappa shape index (κ3) is 2.64. The number of carbonyl (C=O) groups is 1. The van der Waals surface area contributed by atoms with Gasteiger partial charge in [-0.2, -0.15) is 0 Å². The predicted octanol–water partition coefficient (Wildman–Crippen LogP) is 0.700. The minimum absolute atomic E-state index is 0.0396. The van der Waals surface area contributed by atoms with E-state index in [1.54, 1.807) is 24.1 Å². The van der Waals surface area contributed by atoms with E-state index in [4.69, 9.17) is 4.74 Å². The van der Waals surface area contributed by atoms with Crippen molar-refractivity contribution in [1.82, 2.24) is 4.90 Å². The first kappa shape index (κ1) is 12.9. The van der Waals surface area contributed by atoms with Crippen LogP contribution >= 0.6 is 0 Å². The molecule has 1 amide bonds. The summed E-state index contributed by atoms with van der Waals surface area (Å²) < 4.78 is 28.1. The van der Waals surface area contributed by atoms with Crippen LogP contribution in [0.5, 0.6) is 5.75 Å². The zero-order valence-corrected chi connectivity index (χ0v) is 11.1. The summed E-state index contributed by atoms with van der Waals surface area (Å²) >= 11 is 0. The van der Waals surface area contributed by atoms with Crippen LogP contribution in [0, 0.1) is 0 Å². The van der Waals surface area contributed by atoms with Crippen LogP contribution in [-0.4, -0.2) is 45.2 Å². The summed E-state index contributed by atoms with van der Waals surface area (Å²) in [5.41, 5.74) is 0. The molecule has 0 aliphatic carbocycles. The van der Waals surface area contributed by atoms with Gasteiger partial charge in [-0.05, 0) is 24.3 Å². The zero-order valence-electron chi connectivity index (χ0n) is 10.3. The number of nitrogens with zero attached hydrogens (tertiary/aromatic N) is 1. The van der Waals surface area contributed by atoms with Crippen molar-refractivity contribution in [1.29, 1.82) is 0 Å². The highest BCUT2D eigenvalue weighted by molar-refractivity contribution is 7.90. The summed E-state index contributed by atoms with van der Waals surface area (Å²) in [7, 11) is -1.46. The van der Waals surface area contributed by atoms with Gasteiger partial charge < -0.3 is 9.64 Å². The molecule has 1 unspecified atom stereocenters. The van der Waals surface area contributed by atoms with Crippen LogP contribution in [-0.2, 0) is 14.6 Å².